The molecule has 5 heteroatoms. The molecule has 4 nitrogen and oxygen atoms in total. The third-order valence-corrected chi connectivity index (χ3v) is 6.64. The van der Waals surface area contributed by atoms with Gasteiger partial charge in [-0.1, -0.05) is 12.1 Å². The summed E-state index contributed by atoms with van der Waals surface area (Å²) in [7, 11) is -3.48. The number of fused-ring (bicyclic) bond motifs is 1. The Morgan fingerprint density at radius 1 is 1.12 bits per heavy atom. The zero-order valence-electron chi connectivity index (χ0n) is 14.6. The Morgan fingerprint density at radius 2 is 1.92 bits per heavy atom. The summed E-state index contributed by atoms with van der Waals surface area (Å²) in [5.41, 5.74) is 5.06. The zero-order valence-corrected chi connectivity index (χ0v) is 15.4. The molecule has 1 N–H and O–H groups in total. The van der Waals surface area contributed by atoms with E-state index in [9.17, 15) is 8.42 Å². The molecule has 4 rings (SSSR count). The van der Waals surface area contributed by atoms with Gasteiger partial charge < -0.3 is 4.74 Å². The van der Waals surface area contributed by atoms with E-state index in [4.69, 9.17) is 4.74 Å². The van der Waals surface area contributed by atoms with E-state index in [-0.39, 0.29) is 0 Å². The molecule has 1 aliphatic carbocycles. The van der Waals surface area contributed by atoms with E-state index in [2.05, 4.69) is 10.8 Å². The molecule has 0 saturated heterocycles. The monoisotopic (exact) mass is 357 g/mol. The fourth-order valence-electron chi connectivity index (χ4n) is 3.41. The van der Waals surface area contributed by atoms with Crippen LogP contribution in [-0.4, -0.2) is 21.6 Å². The molecule has 0 amide bonds. The lowest BCUT2D eigenvalue weighted by Crippen LogP contribution is -2.26. The van der Waals surface area contributed by atoms with Gasteiger partial charge in [0, 0.05) is 13.0 Å². The van der Waals surface area contributed by atoms with Crippen LogP contribution in [0.4, 0.5) is 0 Å². The fourth-order valence-corrected chi connectivity index (χ4v) is 4.78. The Morgan fingerprint density at radius 3 is 2.68 bits per heavy atom. The molecule has 1 fully saturated rings. The third-order valence-electron chi connectivity index (χ3n) is 5.07. The fraction of sp³-hybridized carbons (Fsp3) is 0.400. The van der Waals surface area contributed by atoms with Crippen molar-refractivity contribution in [2.75, 3.05) is 13.2 Å². The van der Waals surface area contributed by atoms with Crippen LogP contribution >= 0.6 is 0 Å². The quantitative estimate of drug-likeness (QED) is 0.890. The number of benzene rings is 2. The van der Waals surface area contributed by atoms with Gasteiger partial charge in [-0.2, -0.15) is 0 Å². The van der Waals surface area contributed by atoms with Crippen LogP contribution in [0.5, 0.6) is 5.75 Å². The SMILES string of the molecule is Cc1cc(C)c(S(=O)(=O)NCC2CC2)cc1-c1ccc2c(c1)CCO2. The minimum atomic E-state index is -3.48. The van der Waals surface area contributed by atoms with Gasteiger partial charge in [0.2, 0.25) is 10.0 Å². The summed E-state index contributed by atoms with van der Waals surface area (Å²) >= 11 is 0. The first-order chi connectivity index (χ1) is 11.9. The molecule has 1 aliphatic heterocycles. The molecule has 0 bridgehead atoms. The van der Waals surface area contributed by atoms with Crippen molar-refractivity contribution in [3.8, 4) is 16.9 Å². The normalized spacial score (nSPS) is 16.6. The summed E-state index contributed by atoms with van der Waals surface area (Å²) in [5.74, 6) is 1.45. The third kappa shape index (κ3) is 3.31. The predicted molar refractivity (Wildman–Crippen MR) is 98.5 cm³/mol. The Labute approximate surface area is 149 Å². The van der Waals surface area contributed by atoms with Crippen molar-refractivity contribution < 1.29 is 13.2 Å². The number of sulfonamides is 1. The van der Waals surface area contributed by atoms with E-state index in [1.54, 1.807) is 0 Å². The summed E-state index contributed by atoms with van der Waals surface area (Å²) in [5, 5.41) is 0. The van der Waals surface area contributed by atoms with Crippen LogP contribution in [0.2, 0.25) is 0 Å². The maximum atomic E-state index is 12.7. The molecule has 2 aliphatic rings. The van der Waals surface area contributed by atoms with Crippen molar-refractivity contribution in [3.63, 3.8) is 0 Å². The highest BCUT2D eigenvalue weighted by Gasteiger charge is 2.25. The van der Waals surface area contributed by atoms with Gasteiger partial charge in [0.05, 0.1) is 11.5 Å². The molecule has 0 aromatic heterocycles. The van der Waals surface area contributed by atoms with Crippen LogP contribution < -0.4 is 9.46 Å². The Balaban J connectivity index is 1.73. The molecular formula is C20H23NO3S. The minimum absolute atomic E-state index is 0.380. The molecule has 0 spiro atoms. The molecule has 1 heterocycles. The van der Waals surface area contributed by atoms with Crippen molar-refractivity contribution in [1.29, 1.82) is 0 Å². The van der Waals surface area contributed by atoms with Crippen LogP contribution in [0.25, 0.3) is 11.1 Å². The molecule has 0 atom stereocenters. The van der Waals surface area contributed by atoms with Crippen molar-refractivity contribution >= 4 is 10.0 Å². The lowest BCUT2D eigenvalue weighted by Gasteiger charge is -2.14. The summed E-state index contributed by atoms with van der Waals surface area (Å²) in [6, 6.07) is 9.89. The number of hydrogen-bond donors (Lipinski definition) is 1. The molecule has 2 aromatic rings. The molecular weight excluding hydrogens is 334 g/mol. The average molecular weight is 357 g/mol. The smallest absolute Gasteiger partial charge is 0.240 e. The summed E-state index contributed by atoms with van der Waals surface area (Å²) in [6.45, 7) is 5.15. The number of nitrogens with one attached hydrogen (secondary N) is 1. The van der Waals surface area contributed by atoms with Gasteiger partial charge in [0.1, 0.15) is 5.75 Å². The van der Waals surface area contributed by atoms with Gasteiger partial charge in [-0.25, -0.2) is 13.1 Å². The highest BCUT2D eigenvalue weighted by atomic mass is 32.2. The van der Waals surface area contributed by atoms with Gasteiger partial charge >= 0.3 is 0 Å². The standard InChI is InChI=1S/C20H23NO3S/c1-13-9-14(2)20(25(22,23)21-12-15-3-4-15)11-18(13)16-5-6-19-17(10-16)7-8-24-19/h5-6,9-11,15,21H,3-4,7-8,12H2,1-2H3. The van der Waals surface area contributed by atoms with Crippen molar-refractivity contribution in [2.45, 2.75) is 38.0 Å². The highest BCUT2D eigenvalue weighted by Crippen LogP contribution is 2.34. The van der Waals surface area contributed by atoms with Gasteiger partial charge in [-0.05, 0) is 78.6 Å². The Kier molecular flexibility index (Phi) is 4.08. The number of hydrogen-bond acceptors (Lipinski definition) is 3. The lowest BCUT2D eigenvalue weighted by molar-refractivity contribution is 0.357. The van der Waals surface area contributed by atoms with E-state index in [1.807, 2.05) is 38.1 Å². The van der Waals surface area contributed by atoms with Crippen molar-refractivity contribution in [3.05, 3.63) is 47.0 Å². The molecule has 1 saturated carbocycles. The first-order valence-electron chi connectivity index (χ1n) is 8.81. The van der Waals surface area contributed by atoms with E-state index in [0.29, 0.717) is 17.4 Å². The van der Waals surface area contributed by atoms with E-state index >= 15 is 0 Å². The van der Waals surface area contributed by atoms with Crippen LogP contribution in [0.1, 0.15) is 29.5 Å². The maximum absolute atomic E-state index is 12.7. The maximum Gasteiger partial charge on any atom is 0.240 e. The Bertz CT molecular complexity index is 930. The number of aryl methyl sites for hydroxylation is 2. The van der Waals surface area contributed by atoms with Crippen molar-refractivity contribution in [1.82, 2.24) is 4.72 Å². The van der Waals surface area contributed by atoms with E-state index < -0.39 is 10.0 Å². The summed E-state index contributed by atoms with van der Waals surface area (Å²) < 4.78 is 33.8. The molecule has 25 heavy (non-hydrogen) atoms. The second kappa shape index (κ2) is 6.15. The van der Waals surface area contributed by atoms with Crippen LogP contribution in [0, 0.1) is 19.8 Å². The predicted octanol–water partition coefficient (Wildman–Crippen LogP) is 3.59. The summed E-state index contributed by atoms with van der Waals surface area (Å²) in [6.07, 6.45) is 3.15. The van der Waals surface area contributed by atoms with Gasteiger partial charge in [0.25, 0.3) is 0 Å². The second-order valence-electron chi connectivity index (χ2n) is 7.15. The summed E-state index contributed by atoms with van der Waals surface area (Å²) in [4.78, 5) is 0.380. The number of rotatable bonds is 5. The molecule has 2 aromatic carbocycles. The highest BCUT2D eigenvalue weighted by molar-refractivity contribution is 7.89. The zero-order chi connectivity index (χ0) is 17.6. The second-order valence-corrected chi connectivity index (χ2v) is 8.88. The Hall–Kier alpha value is -1.85. The minimum Gasteiger partial charge on any atom is -0.493 e. The van der Waals surface area contributed by atoms with Gasteiger partial charge in [0.15, 0.2) is 0 Å². The van der Waals surface area contributed by atoms with E-state index in [1.165, 1.54) is 5.56 Å². The van der Waals surface area contributed by atoms with E-state index in [0.717, 1.165) is 53.9 Å². The largest absolute Gasteiger partial charge is 0.493 e. The first-order valence-corrected chi connectivity index (χ1v) is 10.3. The van der Waals surface area contributed by atoms with Crippen LogP contribution in [-0.2, 0) is 16.4 Å². The van der Waals surface area contributed by atoms with Gasteiger partial charge in [-0.3, -0.25) is 0 Å². The number of ether oxygens (including phenoxy) is 1. The molecule has 0 unspecified atom stereocenters. The molecule has 132 valence electrons. The average Bonchev–Trinajstić information content (AvgIpc) is 3.28. The topological polar surface area (TPSA) is 55.4 Å². The van der Waals surface area contributed by atoms with Crippen molar-refractivity contribution in [2.24, 2.45) is 5.92 Å². The molecule has 0 radical (unpaired) electrons. The van der Waals surface area contributed by atoms with Crippen LogP contribution in [0.15, 0.2) is 35.2 Å². The first kappa shape index (κ1) is 16.6. The van der Waals surface area contributed by atoms with Gasteiger partial charge in [-0.15, -0.1) is 0 Å². The van der Waals surface area contributed by atoms with Crippen LogP contribution in [0.3, 0.4) is 0 Å². The lowest BCUT2D eigenvalue weighted by atomic mass is 9.97.